The van der Waals surface area contributed by atoms with Crippen LogP contribution in [0.3, 0.4) is 0 Å². The second-order valence-corrected chi connectivity index (χ2v) is 9.62. The standard InChI is InChI=1S/C30H33F2N3O4/c1-2-20-7-5-8-21(13-20)18-33-19-27(36)25(16-22-14-23(31)17-24(32)15-22)34-29(37)11-6-12-35-26-9-3-4-10-28(26)39-30(35)38/h3-5,7-10,13-15,17,25,27,33,36H,2,6,11-12,16,18-19H2,1H3,(H,34,37)/t25-,27-/m0/s1. The van der Waals surface area contributed by atoms with Gasteiger partial charge < -0.3 is 20.2 Å². The molecule has 3 N–H and O–H groups in total. The summed E-state index contributed by atoms with van der Waals surface area (Å²) in [4.78, 5) is 25.0. The molecule has 2 atom stereocenters. The van der Waals surface area contributed by atoms with Crippen LogP contribution in [-0.4, -0.2) is 34.3 Å². The van der Waals surface area contributed by atoms with Crippen molar-refractivity contribution in [3.63, 3.8) is 0 Å². The maximum absolute atomic E-state index is 13.8. The van der Waals surface area contributed by atoms with Crippen LogP contribution < -0.4 is 16.4 Å². The Bertz CT molecular complexity index is 1450. The minimum atomic E-state index is -1.02. The van der Waals surface area contributed by atoms with Crippen molar-refractivity contribution in [2.45, 2.75) is 57.8 Å². The monoisotopic (exact) mass is 537 g/mol. The SMILES string of the molecule is CCc1cccc(CNC[C@H](O)[C@H](Cc2cc(F)cc(F)c2)NC(=O)CCCn2c(=O)oc3ccccc32)c1. The largest absolute Gasteiger partial charge is 0.419 e. The van der Waals surface area contributed by atoms with E-state index < -0.39 is 29.5 Å². The number of hydrogen-bond acceptors (Lipinski definition) is 5. The average molecular weight is 538 g/mol. The predicted molar refractivity (Wildman–Crippen MR) is 145 cm³/mol. The molecule has 7 nitrogen and oxygen atoms in total. The molecule has 0 aliphatic heterocycles. The zero-order valence-corrected chi connectivity index (χ0v) is 21.8. The average Bonchev–Trinajstić information content (AvgIpc) is 3.22. The molecule has 1 amide bonds. The third kappa shape index (κ3) is 7.84. The third-order valence-electron chi connectivity index (χ3n) is 6.63. The van der Waals surface area contributed by atoms with Crippen molar-refractivity contribution in [2.75, 3.05) is 6.54 Å². The molecular formula is C30H33F2N3O4. The van der Waals surface area contributed by atoms with Gasteiger partial charge in [-0.05, 0) is 60.2 Å². The van der Waals surface area contributed by atoms with Crippen LogP contribution in [0.2, 0.25) is 0 Å². The summed E-state index contributed by atoms with van der Waals surface area (Å²) in [7, 11) is 0. The highest BCUT2D eigenvalue weighted by molar-refractivity contribution is 5.76. The first-order chi connectivity index (χ1) is 18.8. The molecule has 0 saturated heterocycles. The minimum absolute atomic E-state index is 0.0421. The van der Waals surface area contributed by atoms with Gasteiger partial charge in [0.25, 0.3) is 0 Å². The van der Waals surface area contributed by atoms with Crippen LogP contribution in [0.5, 0.6) is 0 Å². The topological polar surface area (TPSA) is 96.5 Å². The van der Waals surface area contributed by atoms with E-state index in [1.165, 1.54) is 22.3 Å². The lowest BCUT2D eigenvalue weighted by atomic mass is 10.00. The third-order valence-corrected chi connectivity index (χ3v) is 6.63. The van der Waals surface area contributed by atoms with Crippen molar-refractivity contribution in [3.05, 3.63) is 106 Å². The van der Waals surface area contributed by atoms with E-state index in [4.69, 9.17) is 4.42 Å². The van der Waals surface area contributed by atoms with Gasteiger partial charge in [-0.25, -0.2) is 13.6 Å². The van der Waals surface area contributed by atoms with Gasteiger partial charge in [-0.1, -0.05) is 43.3 Å². The number of oxazole rings is 1. The summed E-state index contributed by atoms with van der Waals surface area (Å²) in [5, 5.41) is 17.0. The number of carbonyl (C=O) groups is 1. The smallest absolute Gasteiger partial charge is 0.408 e. The number of rotatable bonds is 13. The van der Waals surface area contributed by atoms with Gasteiger partial charge in [0.05, 0.1) is 17.7 Å². The van der Waals surface area contributed by atoms with E-state index >= 15 is 0 Å². The number of fused-ring (bicyclic) bond motifs is 1. The van der Waals surface area contributed by atoms with E-state index in [1.807, 2.05) is 18.2 Å². The molecule has 0 aliphatic rings. The Morgan fingerprint density at radius 2 is 1.74 bits per heavy atom. The zero-order chi connectivity index (χ0) is 27.8. The number of aromatic nitrogens is 1. The lowest BCUT2D eigenvalue weighted by Crippen LogP contribution is -2.48. The summed E-state index contributed by atoms with van der Waals surface area (Å²) < 4.78 is 34.3. The van der Waals surface area contributed by atoms with Gasteiger partial charge in [0.1, 0.15) is 11.6 Å². The van der Waals surface area contributed by atoms with Crippen molar-refractivity contribution in [1.29, 1.82) is 0 Å². The minimum Gasteiger partial charge on any atom is -0.408 e. The molecule has 1 aromatic heterocycles. The molecule has 206 valence electrons. The Morgan fingerprint density at radius 3 is 2.51 bits per heavy atom. The number of para-hydroxylation sites is 2. The number of nitrogens with one attached hydrogen (secondary N) is 2. The lowest BCUT2D eigenvalue weighted by Gasteiger charge is -2.25. The van der Waals surface area contributed by atoms with E-state index in [-0.39, 0.29) is 31.8 Å². The Kier molecular flexibility index (Phi) is 9.62. The van der Waals surface area contributed by atoms with Crippen molar-refractivity contribution in [3.8, 4) is 0 Å². The summed E-state index contributed by atoms with van der Waals surface area (Å²) in [5.74, 6) is -2.28. The summed E-state index contributed by atoms with van der Waals surface area (Å²) in [6.07, 6.45) is 0.388. The summed E-state index contributed by atoms with van der Waals surface area (Å²) in [5.41, 5.74) is 3.73. The fourth-order valence-corrected chi connectivity index (χ4v) is 4.63. The van der Waals surface area contributed by atoms with Gasteiger partial charge in [0, 0.05) is 32.1 Å². The molecule has 4 rings (SSSR count). The molecule has 3 aromatic carbocycles. The Hall–Kier alpha value is -3.82. The summed E-state index contributed by atoms with van der Waals surface area (Å²) in [6, 6.07) is 17.5. The molecule has 0 fully saturated rings. The molecule has 1 heterocycles. The highest BCUT2D eigenvalue weighted by Gasteiger charge is 2.22. The quantitative estimate of drug-likeness (QED) is 0.239. The number of benzene rings is 3. The Balaban J connectivity index is 1.37. The first-order valence-corrected chi connectivity index (χ1v) is 13.1. The highest BCUT2D eigenvalue weighted by atomic mass is 19.1. The molecule has 4 aromatic rings. The van der Waals surface area contributed by atoms with E-state index in [0.29, 0.717) is 29.6 Å². The Labute approximate surface area is 225 Å². The number of amides is 1. The maximum atomic E-state index is 13.8. The summed E-state index contributed by atoms with van der Waals surface area (Å²) in [6.45, 7) is 3.04. The van der Waals surface area contributed by atoms with Crippen LogP contribution in [0, 0.1) is 11.6 Å². The van der Waals surface area contributed by atoms with Crippen molar-refractivity contribution >= 4 is 17.0 Å². The fraction of sp³-hybridized carbons (Fsp3) is 0.333. The number of aliphatic hydroxyl groups is 1. The maximum Gasteiger partial charge on any atom is 0.419 e. The van der Waals surface area contributed by atoms with Crippen LogP contribution in [-0.2, 0) is 30.7 Å². The zero-order valence-electron chi connectivity index (χ0n) is 21.8. The van der Waals surface area contributed by atoms with Crippen LogP contribution in [0.1, 0.15) is 36.5 Å². The molecule has 0 bridgehead atoms. The second kappa shape index (κ2) is 13.3. The molecule has 0 radical (unpaired) electrons. The van der Waals surface area contributed by atoms with Gasteiger partial charge in [-0.3, -0.25) is 9.36 Å². The number of halogens is 2. The van der Waals surface area contributed by atoms with E-state index in [2.05, 4.69) is 23.6 Å². The normalized spacial score (nSPS) is 12.9. The van der Waals surface area contributed by atoms with E-state index in [0.717, 1.165) is 18.1 Å². The first kappa shape index (κ1) is 28.2. The summed E-state index contributed by atoms with van der Waals surface area (Å²) >= 11 is 0. The van der Waals surface area contributed by atoms with Gasteiger partial charge in [-0.2, -0.15) is 0 Å². The lowest BCUT2D eigenvalue weighted by molar-refractivity contribution is -0.122. The van der Waals surface area contributed by atoms with Crippen LogP contribution >= 0.6 is 0 Å². The van der Waals surface area contributed by atoms with Crippen molar-refractivity contribution in [2.24, 2.45) is 0 Å². The van der Waals surface area contributed by atoms with Gasteiger partial charge in [0.2, 0.25) is 5.91 Å². The van der Waals surface area contributed by atoms with Crippen LogP contribution in [0.25, 0.3) is 11.1 Å². The number of carbonyl (C=O) groups excluding carboxylic acids is 1. The predicted octanol–water partition coefficient (Wildman–Crippen LogP) is 4.09. The molecule has 0 aliphatic carbocycles. The molecule has 9 heteroatoms. The first-order valence-electron chi connectivity index (χ1n) is 13.1. The van der Waals surface area contributed by atoms with E-state index in [9.17, 15) is 23.5 Å². The Morgan fingerprint density at radius 1 is 1.00 bits per heavy atom. The fourth-order valence-electron chi connectivity index (χ4n) is 4.63. The van der Waals surface area contributed by atoms with E-state index in [1.54, 1.807) is 24.3 Å². The number of hydrogen-bond donors (Lipinski definition) is 3. The van der Waals surface area contributed by atoms with Crippen LogP contribution in [0.15, 0.2) is 75.9 Å². The molecule has 0 unspecified atom stereocenters. The van der Waals surface area contributed by atoms with Crippen molar-refractivity contribution < 1.29 is 23.1 Å². The van der Waals surface area contributed by atoms with Gasteiger partial charge in [-0.15, -0.1) is 0 Å². The van der Waals surface area contributed by atoms with Crippen LogP contribution in [0.4, 0.5) is 8.78 Å². The highest BCUT2D eigenvalue weighted by Crippen LogP contribution is 2.14. The second-order valence-electron chi connectivity index (χ2n) is 9.62. The van der Waals surface area contributed by atoms with Gasteiger partial charge in [0.15, 0.2) is 5.58 Å². The number of aryl methyl sites for hydroxylation is 2. The molecular weight excluding hydrogens is 504 g/mol. The number of aliphatic hydroxyl groups excluding tert-OH is 1. The molecule has 0 saturated carbocycles. The molecule has 0 spiro atoms. The van der Waals surface area contributed by atoms with Gasteiger partial charge >= 0.3 is 5.76 Å². The van der Waals surface area contributed by atoms with Crippen molar-refractivity contribution in [1.82, 2.24) is 15.2 Å². The number of nitrogens with zero attached hydrogens (tertiary/aromatic N) is 1. The molecule has 39 heavy (non-hydrogen) atoms.